The summed E-state index contributed by atoms with van der Waals surface area (Å²) in [6.45, 7) is 6.37. The van der Waals surface area contributed by atoms with Gasteiger partial charge in [0.2, 0.25) is 0 Å². The standard InChI is InChI=1S/C9H20O2.2CH3NO2/c1-8(2)4-5-9(3,6-10)7-11;2*2-1(3)4/h8,10-11H,4-7H2,1-3H3;2*2H2,(H,3,4). The second-order valence-corrected chi connectivity index (χ2v) is 4.74. The van der Waals surface area contributed by atoms with Gasteiger partial charge in [-0.3, -0.25) is 0 Å². The van der Waals surface area contributed by atoms with Gasteiger partial charge in [0, 0.05) is 5.41 Å². The van der Waals surface area contributed by atoms with Crippen LogP contribution in [0.15, 0.2) is 0 Å². The first-order chi connectivity index (χ1) is 8.50. The zero-order valence-electron chi connectivity index (χ0n) is 11.7. The summed E-state index contributed by atoms with van der Waals surface area (Å²) in [5.41, 5.74) is 7.78. The molecular weight excluding hydrogens is 256 g/mol. The summed E-state index contributed by atoms with van der Waals surface area (Å²) in [5.74, 6) is 0.646. The summed E-state index contributed by atoms with van der Waals surface area (Å²) >= 11 is 0. The Labute approximate surface area is 113 Å². The van der Waals surface area contributed by atoms with E-state index in [0.29, 0.717) is 5.92 Å². The molecule has 0 aromatic rings. The maximum absolute atomic E-state index is 8.94. The molecule has 0 spiro atoms. The number of primary amides is 2. The third-order valence-electron chi connectivity index (χ3n) is 2.09. The molecule has 0 aliphatic heterocycles. The van der Waals surface area contributed by atoms with E-state index in [9.17, 15) is 0 Å². The molecule has 0 aromatic carbocycles. The van der Waals surface area contributed by atoms with Gasteiger partial charge in [0.05, 0.1) is 13.2 Å². The summed E-state index contributed by atoms with van der Waals surface area (Å²) < 4.78 is 0. The third-order valence-corrected chi connectivity index (χ3v) is 2.09. The number of aliphatic hydroxyl groups is 2. The molecular formula is C11H26N2O6. The highest BCUT2D eigenvalue weighted by molar-refractivity contribution is 5.61. The molecule has 0 aromatic heterocycles. The first-order valence-corrected chi connectivity index (χ1v) is 5.69. The molecule has 8 heteroatoms. The van der Waals surface area contributed by atoms with Crippen molar-refractivity contribution in [2.45, 2.75) is 33.6 Å². The van der Waals surface area contributed by atoms with Crippen LogP contribution in [0.25, 0.3) is 0 Å². The molecule has 0 heterocycles. The minimum absolute atomic E-state index is 0.0796. The number of hydrogen-bond donors (Lipinski definition) is 6. The first kappa shape index (κ1) is 22.6. The Hall–Kier alpha value is -1.54. The van der Waals surface area contributed by atoms with E-state index in [4.69, 9.17) is 30.0 Å². The van der Waals surface area contributed by atoms with Gasteiger partial charge in [-0.2, -0.15) is 0 Å². The van der Waals surface area contributed by atoms with Crippen LogP contribution in [-0.4, -0.2) is 45.8 Å². The maximum Gasteiger partial charge on any atom is 0.402 e. The SMILES string of the molecule is CC(C)CCC(C)(CO)CO.NC(=O)O.NC(=O)O. The number of carboxylic acid groups (broad SMARTS) is 2. The Morgan fingerprint density at radius 3 is 1.47 bits per heavy atom. The van der Waals surface area contributed by atoms with Crippen LogP contribution in [-0.2, 0) is 0 Å². The zero-order chi connectivity index (χ0) is 16.1. The van der Waals surface area contributed by atoms with Crippen LogP contribution in [0.1, 0.15) is 33.6 Å². The Kier molecular flexibility index (Phi) is 15.4. The lowest BCUT2D eigenvalue weighted by Gasteiger charge is -2.25. The molecule has 0 radical (unpaired) electrons. The van der Waals surface area contributed by atoms with Crippen molar-refractivity contribution in [3.05, 3.63) is 0 Å². The molecule has 0 bridgehead atoms. The summed E-state index contributed by atoms with van der Waals surface area (Å²) in [6.07, 6.45) is -0.699. The van der Waals surface area contributed by atoms with Crippen molar-refractivity contribution in [1.82, 2.24) is 0 Å². The topological polar surface area (TPSA) is 167 Å². The molecule has 0 aliphatic rings. The minimum Gasteiger partial charge on any atom is -0.465 e. The largest absolute Gasteiger partial charge is 0.465 e. The lowest BCUT2D eigenvalue weighted by molar-refractivity contribution is 0.0583. The summed E-state index contributed by atoms with van der Waals surface area (Å²) in [5, 5.41) is 32.3. The molecule has 0 unspecified atom stereocenters. The van der Waals surface area contributed by atoms with Crippen molar-refractivity contribution in [2.75, 3.05) is 13.2 Å². The smallest absolute Gasteiger partial charge is 0.402 e. The van der Waals surface area contributed by atoms with E-state index in [-0.39, 0.29) is 18.6 Å². The van der Waals surface area contributed by atoms with E-state index in [1.807, 2.05) is 6.92 Å². The fraction of sp³-hybridized carbons (Fsp3) is 0.818. The average Bonchev–Trinajstić information content (AvgIpc) is 2.24. The summed E-state index contributed by atoms with van der Waals surface area (Å²) in [6, 6.07) is 0. The van der Waals surface area contributed by atoms with Gasteiger partial charge in [0.15, 0.2) is 0 Å². The molecule has 8 nitrogen and oxygen atoms in total. The lowest BCUT2D eigenvalue weighted by atomic mass is 9.85. The zero-order valence-corrected chi connectivity index (χ0v) is 11.7. The van der Waals surface area contributed by atoms with Gasteiger partial charge in [-0.15, -0.1) is 0 Å². The minimum atomic E-state index is -1.33. The van der Waals surface area contributed by atoms with E-state index in [2.05, 4.69) is 25.3 Å². The molecule has 19 heavy (non-hydrogen) atoms. The molecule has 8 N–H and O–H groups in total. The Balaban J connectivity index is -0.000000264. The molecule has 116 valence electrons. The van der Waals surface area contributed by atoms with E-state index in [1.165, 1.54) is 0 Å². The van der Waals surface area contributed by atoms with E-state index < -0.39 is 12.2 Å². The number of rotatable bonds is 5. The van der Waals surface area contributed by atoms with Crippen LogP contribution in [0, 0.1) is 11.3 Å². The Bertz CT molecular complexity index is 221. The van der Waals surface area contributed by atoms with Crippen LogP contribution >= 0.6 is 0 Å². The molecule has 0 rings (SSSR count). The number of hydrogen-bond acceptors (Lipinski definition) is 4. The number of amides is 2. The van der Waals surface area contributed by atoms with E-state index >= 15 is 0 Å². The van der Waals surface area contributed by atoms with Crippen molar-refractivity contribution in [1.29, 1.82) is 0 Å². The Morgan fingerprint density at radius 1 is 1.05 bits per heavy atom. The predicted octanol–water partition coefficient (Wildman–Crippen LogP) is 0.660. The summed E-state index contributed by atoms with van der Waals surface area (Å²) in [4.78, 5) is 17.6. The predicted molar refractivity (Wildman–Crippen MR) is 70.8 cm³/mol. The van der Waals surface area contributed by atoms with Gasteiger partial charge in [0.25, 0.3) is 0 Å². The molecule has 0 atom stereocenters. The number of aliphatic hydroxyl groups excluding tert-OH is 2. The monoisotopic (exact) mass is 282 g/mol. The first-order valence-electron chi connectivity index (χ1n) is 5.69. The fourth-order valence-electron chi connectivity index (χ4n) is 0.845. The van der Waals surface area contributed by atoms with Gasteiger partial charge < -0.3 is 31.9 Å². The van der Waals surface area contributed by atoms with Gasteiger partial charge in [-0.05, 0) is 12.3 Å². The van der Waals surface area contributed by atoms with Gasteiger partial charge >= 0.3 is 12.2 Å². The van der Waals surface area contributed by atoms with Gasteiger partial charge in [0.1, 0.15) is 0 Å². The van der Waals surface area contributed by atoms with E-state index in [1.54, 1.807) is 0 Å². The van der Waals surface area contributed by atoms with Crippen LogP contribution < -0.4 is 11.5 Å². The highest BCUT2D eigenvalue weighted by atomic mass is 16.4. The van der Waals surface area contributed by atoms with Crippen LogP contribution in [0.5, 0.6) is 0 Å². The summed E-state index contributed by atoms with van der Waals surface area (Å²) in [7, 11) is 0. The van der Waals surface area contributed by atoms with Crippen LogP contribution in [0.3, 0.4) is 0 Å². The fourth-order valence-corrected chi connectivity index (χ4v) is 0.845. The molecule has 2 amide bonds. The Morgan fingerprint density at radius 2 is 1.32 bits per heavy atom. The third kappa shape index (κ3) is 31.5. The van der Waals surface area contributed by atoms with Crippen molar-refractivity contribution in [2.24, 2.45) is 22.8 Å². The molecule has 0 fully saturated rings. The van der Waals surface area contributed by atoms with Crippen molar-refractivity contribution < 1.29 is 30.0 Å². The quantitative estimate of drug-likeness (QED) is 0.433. The maximum atomic E-state index is 8.94. The highest BCUT2D eigenvalue weighted by Crippen LogP contribution is 2.23. The number of nitrogens with two attached hydrogens (primary N) is 2. The normalized spacial score (nSPS) is 9.79. The average molecular weight is 282 g/mol. The molecule has 0 saturated heterocycles. The second-order valence-electron chi connectivity index (χ2n) is 4.74. The number of carbonyl (C=O) groups is 2. The van der Waals surface area contributed by atoms with Crippen molar-refractivity contribution in [3.63, 3.8) is 0 Å². The van der Waals surface area contributed by atoms with Crippen molar-refractivity contribution >= 4 is 12.2 Å². The van der Waals surface area contributed by atoms with Gasteiger partial charge in [-0.1, -0.05) is 27.2 Å². The van der Waals surface area contributed by atoms with Crippen molar-refractivity contribution in [3.8, 4) is 0 Å². The van der Waals surface area contributed by atoms with E-state index in [0.717, 1.165) is 12.8 Å². The van der Waals surface area contributed by atoms with Crippen LogP contribution in [0.2, 0.25) is 0 Å². The van der Waals surface area contributed by atoms with Gasteiger partial charge in [-0.25, -0.2) is 9.59 Å². The van der Waals surface area contributed by atoms with Crippen LogP contribution in [0.4, 0.5) is 9.59 Å². The molecule has 0 saturated carbocycles. The second kappa shape index (κ2) is 12.9. The lowest BCUT2D eigenvalue weighted by Crippen LogP contribution is -2.26. The molecule has 0 aliphatic carbocycles. The highest BCUT2D eigenvalue weighted by Gasteiger charge is 2.21.